The van der Waals surface area contributed by atoms with Gasteiger partial charge in [-0.2, -0.15) is 0 Å². The van der Waals surface area contributed by atoms with Crippen LogP contribution >= 0.6 is 0 Å². The van der Waals surface area contributed by atoms with Crippen LogP contribution in [-0.4, -0.2) is 55.7 Å². The van der Waals surface area contributed by atoms with E-state index in [0.29, 0.717) is 13.0 Å². The summed E-state index contributed by atoms with van der Waals surface area (Å²) < 4.78 is 5.05. The second-order valence-corrected chi connectivity index (χ2v) is 8.18. The number of hydrogen-bond donors (Lipinski definition) is 0. The SMILES string of the molecule is CCOC(=O)Cc1ccc(Cc2cc(N3CCN(C)CC3)nc3c2CCC3)cc1. The minimum atomic E-state index is -0.163. The molecule has 29 heavy (non-hydrogen) atoms. The third kappa shape index (κ3) is 4.78. The zero-order chi connectivity index (χ0) is 20.2. The lowest BCUT2D eigenvalue weighted by Crippen LogP contribution is -2.44. The van der Waals surface area contributed by atoms with Gasteiger partial charge in [0, 0.05) is 31.9 Å². The molecule has 0 unspecified atom stereocenters. The number of benzene rings is 1. The van der Waals surface area contributed by atoms with Crippen molar-refractivity contribution in [2.24, 2.45) is 0 Å². The van der Waals surface area contributed by atoms with E-state index in [1.165, 1.54) is 28.8 Å². The molecule has 2 aromatic rings. The fraction of sp³-hybridized carbons (Fsp3) is 0.500. The van der Waals surface area contributed by atoms with Crippen LogP contribution in [-0.2, 0) is 35.2 Å². The second-order valence-electron chi connectivity index (χ2n) is 8.18. The molecule has 0 N–H and O–H groups in total. The minimum absolute atomic E-state index is 0.163. The van der Waals surface area contributed by atoms with Gasteiger partial charge in [0.05, 0.1) is 13.0 Å². The van der Waals surface area contributed by atoms with Crippen molar-refractivity contribution in [2.45, 2.75) is 39.0 Å². The Morgan fingerprint density at radius 2 is 1.79 bits per heavy atom. The number of nitrogens with zero attached hydrogens (tertiary/aromatic N) is 3. The molecule has 1 saturated heterocycles. The van der Waals surface area contributed by atoms with Crippen molar-refractivity contribution in [3.63, 3.8) is 0 Å². The Morgan fingerprint density at radius 3 is 2.52 bits per heavy atom. The zero-order valence-corrected chi connectivity index (χ0v) is 17.6. The first-order valence-corrected chi connectivity index (χ1v) is 10.8. The fourth-order valence-corrected chi connectivity index (χ4v) is 4.34. The average molecular weight is 394 g/mol. The molecule has 0 bridgehead atoms. The van der Waals surface area contributed by atoms with Crippen molar-refractivity contribution in [3.8, 4) is 0 Å². The van der Waals surface area contributed by atoms with E-state index >= 15 is 0 Å². The van der Waals surface area contributed by atoms with Crippen molar-refractivity contribution < 1.29 is 9.53 Å². The average Bonchev–Trinajstić information content (AvgIpc) is 3.19. The molecule has 5 nitrogen and oxygen atoms in total. The molecule has 5 heteroatoms. The molecule has 1 aliphatic heterocycles. The fourth-order valence-electron chi connectivity index (χ4n) is 4.34. The monoisotopic (exact) mass is 393 g/mol. The molecule has 0 amide bonds. The summed E-state index contributed by atoms with van der Waals surface area (Å²) in [5.74, 6) is 0.983. The molecule has 0 atom stereocenters. The van der Waals surface area contributed by atoms with Crippen LogP contribution in [0.4, 0.5) is 5.82 Å². The molecule has 154 valence electrons. The molecule has 0 radical (unpaired) electrons. The number of piperazine rings is 1. The number of carbonyl (C=O) groups is 1. The molecule has 1 fully saturated rings. The number of esters is 1. The maximum Gasteiger partial charge on any atom is 0.310 e. The van der Waals surface area contributed by atoms with Crippen LogP contribution in [0.1, 0.15) is 41.3 Å². The van der Waals surface area contributed by atoms with Crippen LogP contribution < -0.4 is 4.90 Å². The smallest absolute Gasteiger partial charge is 0.310 e. The van der Waals surface area contributed by atoms with Crippen molar-refractivity contribution in [3.05, 3.63) is 58.3 Å². The third-order valence-corrected chi connectivity index (χ3v) is 6.03. The summed E-state index contributed by atoms with van der Waals surface area (Å²) >= 11 is 0. The van der Waals surface area contributed by atoms with E-state index in [9.17, 15) is 4.79 Å². The molecular formula is C24H31N3O2. The van der Waals surface area contributed by atoms with E-state index in [0.717, 1.165) is 56.8 Å². The van der Waals surface area contributed by atoms with E-state index in [-0.39, 0.29) is 5.97 Å². The van der Waals surface area contributed by atoms with E-state index in [2.05, 4.69) is 47.2 Å². The first-order valence-electron chi connectivity index (χ1n) is 10.8. The largest absolute Gasteiger partial charge is 0.466 e. The van der Waals surface area contributed by atoms with E-state index in [1.807, 2.05) is 6.92 Å². The van der Waals surface area contributed by atoms with Gasteiger partial charge in [0.2, 0.25) is 0 Å². The van der Waals surface area contributed by atoms with Gasteiger partial charge in [-0.3, -0.25) is 4.79 Å². The van der Waals surface area contributed by atoms with Gasteiger partial charge in [0.1, 0.15) is 5.82 Å². The number of carbonyl (C=O) groups excluding carboxylic acids is 1. The topological polar surface area (TPSA) is 45.7 Å². The van der Waals surface area contributed by atoms with Crippen LogP contribution in [0.5, 0.6) is 0 Å². The molecule has 2 heterocycles. The van der Waals surface area contributed by atoms with Crippen molar-refractivity contribution in [2.75, 3.05) is 44.7 Å². The molecule has 4 rings (SSSR count). The first-order chi connectivity index (χ1) is 14.1. The Hall–Kier alpha value is -2.40. The quantitative estimate of drug-likeness (QED) is 0.706. The number of aromatic nitrogens is 1. The zero-order valence-electron chi connectivity index (χ0n) is 17.6. The van der Waals surface area contributed by atoms with Crippen LogP contribution in [0.25, 0.3) is 0 Å². The van der Waals surface area contributed by atoms with Gasteiger partial charge < -0.3 is 14.5 Å². The third-order valence-electron chi connectivity index (χ3n) is 6.03. The number of anilines is 1. The Bertz CT molecular complexity index is 855. The Morgan fingerprint density at radius 1 is 1.07 bits per heavy atom. The summed E-state index contributed by atoms with van der Waals surface area (Å²) in [6.45, 7) is 6.55. The number of hydrogen-bond acceptors (Lipinski definition) is 5. The highest BCUT2D eigenvalue weighted by Crippen LogP contribution is 2.30. The lowest BCUT2D eigenvalue weighted by molar-refractivity contribution is -0.142. The van der Waals surface area contributed by atoms with Crippen LogP contribution in [0.2, 0.25) is 0 Å². The molecule has 1 aliphatic carbocycles. The highest BCUT2D eigenvalue weighted by atomic mass is 16.5. The Balaban J connectivity index is 1.51. The van der Waals surface area contributed by atoms with Gasteiger partial charge in [-0.15, -0.1) is 0 Å². The van der Waals surface area contributed by atoms with Gasteiger partial charge in [0.25, 0.3) is 0 Å². The predicted molar refractivity (Wildman–Crippen MR) is 116 cm³/mol. The van der Waals surface area contributed by atoms with Crippen molar-refractivity contribution >= 4 is 11.8 Å². The summed E-state index contributed by atoms with van der Waals surface area (Å²) in [6, 6.07) is 10.7. The van der Waals surface area contributed by atoms with Crippen molar-refractivity contribution in [1.82, 2.24) is 9.88 Å². The maximum atomic E-state index is 11.7. The number of pyridine rings is 1. The molecule has 0 spiro atoms. The predicted octanol–water partition coefficient (Wildman–Crippen LogP) is 3.02. The minimum Gasteiger partial charge on any atom is -0.466 e. The number of aryl methyl sites for hydroxylation is 1. The Kier molecular flexibility index (Phi) is 6.14. The van der Waals surface area contributed by atoms with Crippen molar-refractivity contribution in [1.29, 1.82) is 0 Å². The highest BCUT2D eigenvalue weighted by Gasteiger charge is 2.22. The van der Waals surface area contributed by atoms with Gasteiger partial charge in [0.15, 0.2) is 0 Å². The maximum absolute atomic E-state index is 11.7. The number of likely N-dealkylation sites (N-methyl/N-ethyl adjacent to an activating group) is 1. The number of ether oxygens (including phenoxy) is 1. The van der Waals surface area contributed by atoms with Gasteiger partial charge in [-0.05, 0) is 68.0 Å². The van der Waals surface area contributed by atoms with Gasteiger partial charge in [-0.1, -0.05) is 24.3 Å². The van der Waals surface area contributed by atoms with E-state index in [1.54, 1.807) is 0 Å². The second kappa shape index (κ2) is 8.95. The lowest BCUT2D eigenvalue weighted by Gasteiger charge is -2.33. The van der Waals surface area contributed by atoms with Gasteiger partial charge in [-0.25, -0.2) is 4.98 Å². The summed E-state index contributed by atoms with van der Waals surface area (Å²) in [4.78, 5) is 21.5. The molecule has 0 saturated carbocycles. The highest BCUT2D eigenvalue weighted by molar-refractivity contribution is 5.72. The lowest BCUT2D eigenvalue weighted by atomic mass is 9.98. The number of rotatable bonds is 6. The summed E-state index contributed by atoms with van der Waals surface area (Å²) in [6.07, 6.45) is 4.71. The molecular weight excluding hydrogens is 362 g/mol. The van der Waals surface area contributed by atoms with Crippen LogP contribution in [0.15, 0.2) is 30.3 Å². The molecule has 2 aliphatic rings. The Labute approximate surface area is 173 Å². The molecule has 1 aromatic heterocycles. The first kappa shape index (κ1) is 19.9. The van der Waals surface area contributed by atoms with Gasteiger partial charge >= 0.3 is 5.97 Å². The standard InChI is InChI=1S/C24H31N3O2/c1-3-29-24(28)16-19-9-7-18(8-10-19)15-20-17-23(25-22-6-4-5-21(20)22)27-13-11-26(2)12-14-27/h7-10,17H,3-6,11-16H2,1-2H3. The normalized spacial score (nSPS) is 16.7. The summed E-state index contributed by atoms with van der Waals surface area (Å²) in [5, 5.41) is 0. The summed E-state index contributed by atoms with van der Waals surface area (Å²) in [7, 11) is 2.19. The number of fused-ring (bicyclic) bond motifs is 1. The van der Waals surface area contributed by atoms with E-state index < -0.39 is 0 Å². The summed E-state index contributed by atoms with van der Waals surface area (Å²) in [5.41, 5.74) is 6.46. The van der Waals surface area contributed by atoms with Crippen LogP contribution in [0.3, 0.4) is 0 Å². The van der Waals surface area contributed by atoms with E-state index in [4.69, 9.17) is 9.72 Å². The molecule has 1 aromatic carbocycles. The van der Waals surface area contributed by atoms with Crippen LogP contribution in [0, 0.1) is 0 Å².